The molecule has 0 bridgehead atoms. The summed E-state index contributed by atoms with van der Waals surface area (Å²) in [5.41, 5.74) is 7.89. The molecule has 4 aromatic rings. The second-order valence-corrected chi connectivity index (χ2v) is 8.47. The highest BCUT2D eigenvalue weighted by atomic mass is 14.9. The summed E-state index contributed by atoms with van der Waals surface area (Å²) >= 11 is 0. The summed E-state index contributed by atoms with van der Waals surface area (Å²) in [6.45, 7) is 4.41. The number of rotatable bonds is 4. The van der Waals surface area contributed by atoms with Crippen LogP contribution in [0.15, 0.2) is 115 Å². The summed E-state index contributed by atoms with van der Waals surface area (Å²) in [6.07, 6.45) is 6.80. The van der Waals surface area contributed by atoms with Crippen LogP contribution in [0.5, 0.6) is 0 Å². The smallest absolute Gasteiger partial charge is 0.160 e. The minimum atomic E-state index is 0.242. The molecule has 0 aliphatic heterocycles. The third kappa shape index (κ3) is 4.17. The van der Waals surface area contributed by atoms with Crippen LogP contribution in [-0.4, -0.2) is 9.97 Å². The van der Waals surface area contributed by atoms with Crippen LogP contribution in [0.2, 0.25) is 0 Å². The Bertz CT molecular complexity index is 1270. The normalized spacial score (nSPS) is 17.8. The number of hydrogen-bond acceptors (Lipinski definition) is 2. The van der Waals surface area contributed by atoms with Crippen molar-refractivity contribution in [1.82, 2.24) is 9.97 Å². The highest BCUT2D eigenvalue weighted by Crippen LogP contribution is 2.34. The Balaban J connectivity index is 1.58. The molecule has 0 saturated heterocycles. The van der Waals surface area contributed by atoms with E-state index >= 15 is 0 Å². The van der Waals surface area contributed by atoms with Gasteiger partial charge in [0, 0.05) is 17.0 Å². The summed E-state index contributed by atoms with van der Waals surface area (Å²) < 4.78 is 0. The van der Waals surface area contributed by atoms with Gasteiger partial charge in [0.1, 0.15) is 0 Å². The van der Waals surface area contributed by atoms with Gasteiger partial charge in [0.25, 0.3) is 0 Å². The van der Waals surface area contributed by atoms with Crippen LogP contribution in [0, 0.1) is 5.92 Å². The van der Waals surface area contributed by atoms with Crippen molar-refractivity contribution < 1.29 is 0 Å². The van der Waals surface area contributed by atoms with Crippen LogP contribution in [0.4, 0.5) is 0 Å². The SMILES string of the molecule is CC1=CC(C)C(c2cc(-c3ccc(-c4ccccc4)cc3)nc(-c3ccccc3)n2)C=C1. The first kappa shape index (κ1) is 20.1. The number of nitrogens with zero attached hydrogens (tertiary/aromatic N) is 2. The summed E-state index contributed by atoms with van der Waals surface area (Å²) in [4.78, 5) is 9.96. The maximum Gasteiger partial charge on any atom is 0.160 e. The predicted molar refractivity (Wildman–Crippen MR) is 133 cm³/mol. The molecule has 3 aromatic carbocycles. The van der Waals surface area contributed by atoms with Gasteiger partial charge in [-0.25, -0.2) is 9.97 Å². The van der Waals surface area contributed by atoms with Gasteiger partial charge in [-0.05, 0) is 30.0 Å². The van der Waals surface area contributed by atoms with E-state index in [1.165, 1.54) is 16.7 Å². The maximum absolute atomic E-state index is 5.00. The molecule has 2 heteroatoms. The van der Waals surface area contributed by atoms with Gasteiger partial charge in [0.15, 0.2) is 5.82 Å². The van der Waals surface area contributed by atoms with E-state index in [0.29, 0.717) is 5.92 Å². The molecule has 0 spiro atoms. The molecule has 1 aliphatic rings. The zero-order chi connectivity index (χ0) is 21.9. The topological polar surface area (TPSA) is 25.8 Å². The van der Waals surface area contributed by atoms with Crippen LogP contribution < -0.4 is 0 Å². The van der Waals surface area contributed by atoms with Crippen LogP contribution in [0.3, 0.4) is 0 Å². The number of benzene rings is 3. The lowest BCUT2D eigenvalue weighted by Crippen LogP contribution is -2.12. The summed E-state index contributed by atoms with van der Waals surface area (Å²) in [6, 6.07) is 31.5. The average molecular weight is 415 g/mol. The van der Waals surface area contributed by atoms with E-state index in [0.717, 1.165) is 28.3 Å². The van der Waals surface area contributed by atoms with E-state index in [1.807, 2.05) is 24.3 Å². The Labute approximate surface area is 190 Å². The van der Waals surface area contributed by atoms with Crippen molar-refractivity contribution in [1.29, 1.82) is 0 Å². The van der Waals surface area contributed by atoms with E-state index in [4.69, 9.17) is 9.97 Å². The molecule has 1 aliphatic carbocycles. The van der Waals surface area contributed by atoms with Crippen molar-refractivity contribution >= 4 is 0 Å². The first-order chi connectivity index (χ1) is 15.7. The van der Waals surface area contributed by atoms with E-state index < -0.39 is 0 Å². The second kappa shape index (κ2) is 8.76. The zero-order valence-corrected chi connectivity index (χ0v) is 18.4. The van der Waals surface area contributed by atoms with Gasteiger partial charge in [-0.1, -0.05) is 116 Å². The highest BCUT2D eigenvalue weighted by molar-refractivity contribution is 5.70. The van der Waals surface area contributed by atoms with Crippen LogP contribution in [0.1, 0.15) is 25.5 Å². The first-order valence-corrected chi connectivity index (χ1v) is 11.1. The Hall–Kier alpha value is -3.78. The van der Waals surface area contributed by atoms with Crippen LogP contribution in [-0.2, 0) is 0 Å². The molecule has 5 rings (SSSR count). The van der Waals surface area contributed by atoms with E-state index in [1.54, 1.807) is 0 Å². The molecule has 2 nitrogen and oxygen atoms in total. The fourth-order valence-electron chi connectivity index (χ4n) is 4.34. The lowest BCUT2D eigenvalue weighted by atomic mass is 9.84. The molecule has 0 fully saturated rings. The standard InChI is InChI=1S/C30H26N2/c1-21-13-18-27(22(2)19-21)29-20-28(31-30(32-29)26-11-7-4-8-12-26)25-16-14-24(15-17-25)23-9-5-3-6-10-23/h3-20,22,27H,1-2H3. The summed E-state index contributed by atoms with van der Waals surface area (Å²) in [5, 5.41) is 0. The predicted octanol–water partition coefficient (Wildman–Crippen LogP) is 7.71. The average Bonchev–Trinajstić information content (AvgIpc) is 2.85. The third-order valence-electron chi connectivity index (χ3n) is 6.07. The van der Waals surface area contributed by atoms with Crippen molar-refractivity contribution in [3.05, 3.63) is 120 Å². The molecular weight excluding hydrogens is 388 g/mol. The monoisotopic (exact) mass is 414 g/mol. The lowest BCUT2D eigenvalue weighted by molar-refractivity contribution is 0.614. The highest BCUT2D eigenvalue weighted by Gasteiger charge is 2.21. The number of allylic oxidation sites excluding steroid dienone is 4. The largest absolute Gasteiger partial charge is 0.232 e. The van der Waals surface area contributed by atoms with Crippen LogP contribution in [0.25, 0.3) is 33.8 Å². The molecule has 0 amide bonds. The summed E-state index contributed by atoms with van der Waals surface area (Å²) in [7, 11) is 0. The van der Waals surface area contributed by atoms with Crippen molar-refractivity contribution in [3.8, 4) is 33.8 Å². The van der Waals surface area contributed by atoms with Gasteiger partial charge in [0.05, 0.1) is 11.4 Å². The Morgan fingerprint density at radius 3 is 1.91 bits per heavy atom. The number of aromatic nitrogens is 2. The van der Waals surface area contributed by atoms with Gasteiger partial charge in [-0.3, -0.25) is 0 Å². The van der Waals surface area contributed by atoms with Gasteiger partial charge < -0.3 is 0 Å². The Morgan fingerprint density at radius 1 is 0.656 bits per heavy atom. The second-order valence-electron chi connectivity index (χ2n) is 8.47. The van der Waals surface area contributed by atoms with Crippen molar-refractivity contribution in [2.45, 2.75) is 19.8 Å². The van der Waals surface area contributed by atoms with E-state index in [-0.39, 0.29) is 5.92 Å². The lowest BCUT2D eigenvalue weighted by Gasteiger charge is -2.22. The summed E-state index contributed by atoms with van der Waals surface area (Å²) in [5.74, 6) is 1.41. The molecule has 1 aromatic heterocycles. The fraction of sp³-hybridized carbons (Fsp3) is 0.133. The molecule has 2 atom stereocenters. The van der Waals surface area contributed by atoms with Crippen molar-refractivity contribution in [3.63, 3.8) is 0 Å². The quantitative estimate of drug-likeness (QED) is 0.342. The molecule has 156 valence electrons. The van der Waals surface area contributed by atoms with Crippen LogP contribution >= 0.6 is 0 Å². The molecule has 1 heterocycles. The number of hydrogen-bond donors (Lipinski definition) is 0. The van der Waals surface area contributed by atoms with Crippen molar-refractivity contribution in [2.75, 3.05) is 0 Å². The minimum Gasteiger partial charge on any atom is -0.232 e. The molecule has 32 heavy (non-hydrogen) atoms. The molecule has 0 N–H and O–H groups in total. The zero-order valence-electron chi connectivity index (χ0n) is 18.4. The van der Waals surface area contributed by atoms with Gasteiger partial charge >= 0.3 is 0 Å². The molecule has 0 radical (unpaired) electrons. The molecular formula is C30H26N2. The van der Waals surface area contributed by atoms with E-state index in [9.17, 15) is 0 Å². The molecule has 0 saturated carbocycles. The van der Waals surface area contributed by atoms with Gasteiger partial charge in [-0.15, -0.1) is 0 Å². The van der Waals surface area contributed by atoms with Gasteiger partial charge in [0.2, 0.25) is 0 Å². The Kier molecular flexibility index (Phi) is 5.51. The third-order valence-corrected chi connectivity index (χ3v) is 6.07. The van der Waals surface area contributed by atoms with Crippen molar-refractivity contribution in [2.24, 2.45) is 5.92 Å². The van der Waals surface area contributed by atoms with E-state index in [2.05, 4.69) is 98.8 Å². The maximum atomic E-state index is 5.00. The van der Waals surface area contributed by atoms with Gasteiger partial charge in [-0.2, -0.15) is 0 Å². The fourth-order valence-corrected chi connectivity index (χ4v) is 4.34. The molecule has 2 unspecified atom stereocenters. The minimum absolute atomic E-state index is 0.242. The Morgan fingerprint density at radius 2 is 1.25 bits per heavy atom. The first-order valence-electron chi connectivity index (χ1n) is 11.1.